The zero-order chi connectivity index (χ0) is 14.9. The second-order valence-electron chi connectivity index (χ2n) is 5.00. The maximum atomic E-state index is 13.2. The molecule has 3 rings (SSSR count). The van der Waals surface area contributed by atoms with Gasteiger partial charge in [-0.05, 0) is 18.5 Å². The summed E-state index contributed by atoms with van der Waals surface area (Å²) in [7, 11) is 0. The normalized spacial score (nSPS) is 14.8. The maximum absolute atomic E-state index is 13.2. The van der Waals surface area contributed by atoms with Gasteiger partial charge in [-0.3, -0.25) is 0 Å². The highest BCUT2D eigenvalue weighted by Gasteiger charge is 2.37. The van der Waals surface area contributed by atoms with E-state index in [9.17, 15) is 13.2 Å². The molecule has 2 aromatic rings. The summed E-state index contributed by atoms with van der Waals surface area (Å²) in [5, 5.41) is 3.05. The fraction of sp³-hybridized carbons (Fsp3) is 0.333. The van der Waals surface area contributed by atoms with Crippen molar-refractivity contribution in [2.75, 3.05) is 6.54 Å². The Morgan fingerprint density at radius 3 is 2.57 bits per heavy atom. The lowest BCUT2D eigenvalue weighted by atomic mass is 10.0. The Morgan fingerprint density at radius 1 is 1.10 bits per heavy atom. The van der Waals surface area contributed by atoms with Crippen molar-refractivity contribution in [3.05, 3.63) is 58.7 Å². The molecule has 0 unspecified atom stereocenters. The molecule has 0 radical (unpaired) electrons. The van der Waals surface area contributed by atoms with Crippen LogP contribution in [0.2, 0.25) is 0 Å². The van der Waals surface area contributed by atoms with Crippen molar-refractivity contribution in [3.8, 4) is 0 Å². The van der Waals surface area contributed by atoms with Gasteiger partial charge >= 0.3 is 6.18 Å². The lowest BCUT2D eigenvalue weighted by molar-refractivity contribution is -0.142. The molecule has 1 N–H and O–H groups in total. The van der Waals surface area contributed by atoms with Gasteiger partial charge in [0, 0.05) is 18.5 Å². The van der Waals surface area contributed by atoms with Crippen LogP contribution in [0.25, 0.3) is 0 Å². The van der Waals surface area contributed by atoms with E-state index < -0.39 is 11.9 Å². The molecule has 0 aliphatic carbocycles. The molecule has 0 amide bonds. The second-order valence-corrected chi connectivity index (χ2v) is 5.00. The van der Waals surface area contributed by atoms with Crippen LogP contribution in [0.3, 0.4) is 0 Å². The van der Waals surface area contributed by atoms with Crippen molar-refractivity contribution in [1.29, 1.82) is 0 Å². The molecule has 1 aromatic carbocycles. The first-order valence-electron chi connectivity index (χ1n) is 6.74. The predicted octanol–water partition coefficient (Wildman–Crippen LogP) is 2.73. The maximum Gasteiger partial charge on any atom is 0.433 e. The summed E-state index contributed by atoms with van der Waals surface area (Å²) in [5.74, 6) is 0.218. The fourth-order valence-electron chi connectivity index (χ4n) is 2.50. The summed E-state index contributed by atoms with van der Waals surface area (Å²) < 4.78 is 39.6. The summed E-state index contributed by atoms with van der Waals surface area (Å²) in [6.45, 7) is 0.889. The van der Waals surface area contributed by atoms with Gasteiger partial charge in [0.2, 0.25) is 0 Å². The highest BCUT2D eigenvalue weighted by atomic mass is 19.4. The lowest BCUT2D eigenvalue weighted by Gasteiger charge is -2.21. The molecule has 110 valence electrons. The predicted molar refractivity (Wildman–Crippen MR) is 71.7 cm³/mol. The number of aromatic nitrogens is 2. The molecular formula is C15H14F3N3. The van der Waals surface area contributed by atoms with Gasteiger partial charge in [-0.2, -0.15) is 13.2 Å². The second kappa shape index (κ2) is 5.44. The number of hydrogen-bond donors (Lipinski definition) is 1. The first kappa shape index (κ1) is 14.0. The molecule has 6 heteroatoms. The van der Waals surface area contributed by atoms with Crippen molar-refractivity contribution >= 4 is 0 Å². The quantitative estimate of drug-likeness (QED) is 0.925. The zero-order valence-corrected chi connectivity index (χ0v) is 11.2. The van der Waals surface area contributed by atoms with E-state index in [1.165, 1.54) is 0 Å². The molecule has 0 saturated heterocycles. The van der Waals surface area contributed by atoms with E-state index in [1.807, 2.05) is 30.3 Å². The van der Waals surface area contributed by atoms with Gasteiger partial charge in [-0.1, -0.05) is 30.3 Å². The number of nitrogens with zero attached hydrogens (tertiary/aromatic N) is 2. The Bertz CT molecular complexity index is 639. The minimum atomic E-state index is -4.43. The van der Waals surface area contributed by atoms with E-state index in [0.29, 0.717) is 31.6 Å². The monoisotopic (exact) mass is 293 g/mol. The molecule has 0 saturated carbocycles. The Hall–Kier alpha value is -1.95. The molecule has 1 aliphatic heterocycles. The van der Waals surface area contributed by atoms with E-state index in [-0.39, 0.29) is 11.4 Å². The first-order valence-corrected chi connectivity index (χ1v) is 6.74. The van der Waals surface area contributed by atoms with Crippen LogP contribution >= 0.6 is 0 Å². The summed E-state index contributed by atoms with van der Waals surface area (Å²) in [5.41, 5.74) is 0.821. The molecule has 2 heterocycles. The van der Waals surface area contributed by atoms with E-state index >= 15 is 0 Å². The first-order chi connectivity index (χ1) is 10.0. The van der Waals surface area contributed by atoms with Gasteiger partial charge in [0.15, 0.2) is 5.69 Å². The standard InChI is InChI=1S/C15H14F3N3/c16-15(17,18)14-11-6-7-19-9-12(11)20-13(21-14)8-10-4-2-1-3-5-10/h1-5,19H,6-9H2. The van der Waals surface area contributed by atoms with Crippen LogP contribution in [-0.4, -0.2) is 16.5 Å². The number of alkyl halides is 3. The number of fused-ring (bicyclic) bond motifs is 1. The van der Waals surface area contributed by atoms with Crippen molar-refractivity contribution in [3.63, 3.8) is 0 Å². The van der Waals surface area contributed by atoms with Gasteiger partial charge in [0.1, 0.15) is 5.82 Å². The van der Waals surface area contributed by atoms with Crippen LogP contribution in [0.5, 0.6) is 0 Å². The van der Waals surface area contributed by atoms with E-state index in [4.69, 9.17) is 0 Å². The Labute approximate surface area is 120 Å². The topological polar surface area (TPSA) is 37.8 Å². The van der Waals surface area contributed by atoms with Crippen LogP contribution in [0.1, 0.15) is 28.3 Å². The zero-order valence-electron chi connectivity index (χ0n) is 11.2. The number of benzene rings is 1. The van der Waals surface area contributed by atoms with Gasteiger partial charge < -0.3 is 5.32 Å². The lowest BCUT2D eigenvalue weighted by Crippen LogP contribution is -2.29. The van der Waals surface area contributed by atoms with Crippen LogP contribution < -0.4 is 5.32 Å². The van der Waals surface area contributed by atoms with Crippen molar-refractivity contribution in [1.82, 2.24) is 15.3 Å². The molecule has 0 fully saturated rings. The summed E-state index contributed by atoms with van der Waals surface area (Å²) in [6.07, 6.45) is -3.82. The average molecular weight is 293 g/mol. The smallest absolute Gasteiger partial charge is 0.311 e. The number of rotatable bonds is 2. The Morgan fingerprint density at radius 2 is 1.86 bits per heavy atom. The third kappa shape index (κ3) is 3.05. The van der Waals surface area contributed by atoms with E-state index in [1.54, 1.807) is 0 Å². The molecular weight excluding hydrogens is 279 g/mol. The molecule has 21 heavy (non-hydrogen) atoms. The third-order valence-corrected chi connectivity index (χ3v) is 3.46. The van der Waals surface area contributed by atoms with Gasteiger partial charge in [0.05, 0.1) is 5.69 Å². The van der Waals surface area contributed by atoms with Crippen molar-refractivity contribution < 1.29 is 13.2 Å². The van der Waals surface area contributed by atoms with Gasteiger partial charge in [-0.25, -0.2) is 9.97 Å². The molecule has 0 spiro atoms. The van der Waals surface area contributed by atoms with E-state index in [2.05, 4.69) is 15.3 Å². The van der Waals surface area contributed by atoms with E-state index in [0.717, 1.165) is 5.56 Å². The van der Waals surface area contributed by atoms with Gasteiger partial charge in [0.25, 0.3) is 0 Å². The summed E-state index contributed by atoms with van der Waals surface area (Å²) in [4.78, 5) is 8.10. The Balaban J connectivity index is 2.02. The number of hydrogen-bond acceptors (Lipinski definition) is 3. The Kier molecular flexibility index (Phi) is 3.63. The molecule has 1 aliphatic rings. The molecule has 1 aromatic heterocycles. The molecule has 3 nitrogen and oxygen atoms in total. The SMILES string of the molecule is FC(F)(F)c1nc(Cc2ccccc2)nc2c1CCNC2. The average Bonchev–Trinajstić information content (AvgIpc) is 2.46. The summed E-state index contributed by atoms with van der Waals surface area (Å²) in [6, 6.07) is 9.27. The highest BCUT2D eigenvalue weighted by molar-refractivity contribution is 5.31. The fourth-order valence-corrected chi connectivity index (χ4v) is 2.50. The van der Waals surface area contributed by atoms with Crippen LogP contribution in [0.4, 0.5) is 13.2 Å². The van der Waals surface area contributed by atoms with Gasteiger partial charge in [-0.15, -0.1) is 0 Å². The highest BCUT2D eigenvalue weighted by Crippen LogP contribution is 2.32. The largest absolute Gasteiger partial charge is 0.433 e. The molecule has 0 atom stereocenters. The molecule has 0 bridgehead atoms. The number of halogens is 3. The minimum Gasteiger partial charge on any atom is -0.311 e. The van der Waals surface area contributed by atoms with Crippen LogP contribution in [0, 0.1) is 0 Å². The minimum absolute atomic E-state index is 0.218. The van der Waals surface area contributed by atoms with Crippen LogP contribution in [-0.2, 0) is 25.6 Å². The number of nitrogens with one attached hydrogen (secondary N) is 1. The van der Waals surface area contributed by atoms with Crippen LogP contribution in [0.15, 0.2) is 30.3 Å². The summed E-state index contributed by atoms with van der Waals surface area (Å²) >= 11 is 0. The van der Waals surface area contributed by atoms with Crippen molar-refractivity contribution in [2.24, 2.45) is 0 Å². The van der Waals surface area contributed by atoms with Crippen molar-refractivity contribution in [2.45, 2.75) is 25.6 Å². The third-order valence-electron chi connectivity index (χ3n) is 3.46.